The number of piperidine rings is 2. The number of anilines is 5. The maximum absolute atomic E-state index is 12.8. The number of fused-ring (bicyclic) bond motifs is 3. The molecule has 1 unspecified atom stereocenters. The van der Waals surface area contributed by atoms with Crippen LogP contribution in [0.4, 0.5) is 28.7 Å². The van der Waals surface area contributed by atoms with Crippen molar-refractivity contribution in [2.45, 2.75) is 44.7 Å². The molecule has 0 spiro atoms. The smallest absolute Gasteiger partial charge is 0.420 e. The van der Waals surface area contributed by atoms with Crippen LogP contribution in [-0.4, -0.2) is 94.7 Å². The molecule has 4 aliphatic rings. The molecule has 15 nitrogen and oxygen atoms in total. The van der Waals surface area contributed by atoms with E-state index in [0.29, 0.717) is 35.6 Å². The molecule has 7 heterocycles. The van der Waals surface area contributed by atoms with Gasteiger partial charge in [0, 0.05) is 105 Å². The lowest BCUT2D eigenvalue weighted by molar-refractivity contribution is -0.135. The number of piperazine rings is 1. The maximum Gasteiger partial charge on any atom is 0.420 e. The van der Waals surface area contributed by atoms with Crippen LogP contribution in [-0.2, 0) is 9.59 Å². The Hall–Kier alpha value is -6.48. The Kier molecular flexibility index (Phi) is 9.16. The fourth-order valence-corrected chi connectivity index (χ4v) is 8.93. The lowest BCUT2D eigenvalue weighted by Crippen LogP contribution is -2.53. The van der Waals surface area contributed by atoms with Gasteiger partial charge >= 0.3 is 5.76 Å². The Balaban J connectivity index is 0.733. The lowest BCUT2D eigenvalue weighted by atomic mass is 10.00. The second kappa shape index (κ2) is 14.8. The van der Waals surface area contributed by atoms with Crippen molar-refractivity contribution in [1.82, 2.24) is 29.7 Å². The summed E-state index contributed by atoms with van der Waals surface area (Å²) >= 11 is 0. The lowest BCUT2D eigenvalue weighted by Gasteiger charge is -2.43. The van der Waals surface area contributed by atoms with Crippen molar-refractivity contribution in [2.75, 3.05) is 72.9 Å². The molecule has 4 aliphatic heterocycles. The summed E-state index contributed by atoms with van der Waals surface area (Å²) in [6.45, 7) is 9.13. The van der Waals surface area contributed by atoms with Crippen LogP contribution >= 0.6 is 0 Å². The zero-order valence-electron chi connectivity index (χ0n) is 32.2. The van der Waals surface area contributed by atoms with Crippen LogP contribution in [0, 0.1) is 6.92 Å². The predicted octanol–water partition coefficient (Wildman–Crippen LogP) is 5.22. The average molecular weight is 781 g/mol. The molecule has 15 heteroatoms. The number of ether oxygens (including phenoxy) is 1. The molecule has 2 amide bonds. The summed E-state index contributed by atoms with van der Waals surface area (Å²) in [7, 11) is 0. The van der Waals surface area contributed by atoms with Gasteiger partial charge in [0.05, 0.1) is 11.0 Å². The van der Waals surface area contributed by atoms with Crippen LogP contribution in [0.15, 0.2) is 82.3 Å². The summed E-state index contributed by atoms with van der Waals surface area (Å²) in [6, 6.07) is 20.3. The van der Waals surface area contributed by atoms with Gasteiger partial charge in [0.25, 0.3) is 0 Å². The van der Waals surface area contributed by atoms with Crippen LogP contribution in [0.5, 0.6) is 5.88 Å². The fraction of sp³-hybridized carbons (Fsp3) is 0.349. The number of hydrogen-bond donors (Lipinski definition) is 3. The van der Waals surface area contributed by atoms with Gasteiger partial charge in [0.15, 0.2) is 5.58 Å². The number of carbonyl (C=O) groups is 2. The van der Waals surface area contributed by atoms with E-state index < -0.39 is 17.7 Å². The second-order valence-corrected chi connectivity index (χ2v) is 15.5. The number of nitrogens with one attached hydrogen (secondary N) is 3. The molecule has 0 saturated carbocycles. The molecule has 0 radical (unpaired) electrons. The van der Waals surface area contributed by atoms with Crippen molar-refractivity contribution < 1.29 is 18.7 Å². The minimum atomic E-state index is -0.751. The van der Waals surface area contributed by atoms with E-state index in [4.69, 9.17) is 14.1 Å². The molecule has 0 aliphatic carbocycles. The number of carbonyl (C=O) groups excluding carboxylic acids is 2. The summed E-state index contributed by atoms with van der Waals surface area (Å²) in [5.74, 6) is -0.170. The first-order valence-electron chi connectivity index (χ1n) is 20.1. The van der Waals surface area contributed by atoms with Crippen LogP contribution in [0.2, 0.25) is 0 Å². The van der Waals surface area contributed by atoms with E-state index in [9.17, 15) is 14.4 Å². The highest BCUT2D eigenvalue weighted by atomic mass is 16.5. The van der Waals surface area contributed by atoms with Gasteiger partial charge in [-0.2, -0.15) is 0 Å². The number of oxazole rings is 1. The largest absolute Gasteiger partial charge is 0.474 e. The minimum absolute atomic E-state index is 0.193. The SMILES string of the molecule is Cc1c(-c2ccc3cnc(Nc4ccc(N5CCC(N6CCN(c7ccc8c(c7)oc(=O)n8C7CCC(=O)NC7=O)CC6)CC5)cc4)nc3c2)cnc2c1NCCO2. The monoisotopic (exact) mass is 780 g/mol. The Morgan fingerprint density at radius 2 is 1.62 bits per heavy atom. The molecule has 58 heavy (non-hydrogen) atoms. The number of imide groups is 1. The average Bonchev–Trinajstić information content (AvgIpc) is 3.58. The zero-order chi connectivity index (χ0) is 39.3. The summed E-state index contributed by atoms with van der Waals surface area (Å²) in [5, 5.41) is 10.1. The Labute approximate surface area is 334 Å². The van der Waals surface area contributed by atoms with Crippen molar-refractivity contribution in [3.63, 3.8) is 0 Å². The Morgan fingerprint density at radius 1 is 0.828 bits per heavy atom. The van der Waals surface area contributed by atoms with Crippen molar-refractivity contribution in [2.24, 2.45) is 0 Å². The molecule has 0 bridgehead atoms. The van der Waals surface area contributed by atoms with E-state index in [1.165, 1.54) is 10.3 Å². The van der Waals surface area contributed by atoms with E-state index in [1.54, 1.807) is 0 Å². The third-order valence-corrected chi connectivity index (χ3v) is 12.1. The van der Waals surface area contributed by atoms with Crippen LogP contribution in [0.3, 0.4) is 0 Å². The third kappa shape index (κ3) is 6.74. The first-order chi connectivity index (χ1) is 28.3. The second-order valence-electron chi connectivity index (χ2n) is 15.5. The zero-order valence-corrected chi connectivity index (χ0v) is 32.2. The van der Waals surface area contributed by atoms with E-state index in [-0.39, 0.29) is 18.7 Å². The number of benzene rings is 3. The molecule has 1 atom stereocenters. The van der Waals surface area contributed by atoms with E-state index in [1.807, 2.05) is 36.7 Å². The van der Waals surface area contributed by atoms with Gasteiger partial charge < -0.3 is 29.6 Å². The van der Waals surface area contributed by atoms with Crippen molar-refractivity contribution in [1.29, 1.82) is 0 Å². The first-order valence-corrected chi connectivity index (χ1v) is 20.1. The van der Waals surface area contributed by atoms with Gasteiger partial charge in [-0.1, -0.05) is 12.1 Å². The third-order valence-electron chi connectivity index (χ3n) is 12.1. The van der Waals surface area contributed by atoms with Crippen molar-refractivity contribution >= 4 is 62.5 Å². The van der Waals surface area contributed by atoms with Crippen molar-refractivity contribution in [3.05, 3.63) is 89.2 Å². The molecular weight excluding hydrogens is 737 g/mol. The normalized spacial score (nSPS) is 19.2. The summed E-state index contributed by atoms with van der Waals surface area (Å²) in [5.41, 5.74) is 9.14. The number of pyridine rings is 1. The molecule has 3 aromatic carbocycles. The number of rotatable bonds is 7. The molecule has 296 valence electrons. The van der Waals surface area contributed by atoms with Gasteiger partial charge in [-0.3, -0.25) is 24.4 Å². The van der Waals surface area contributed by atoms with E-state index >= 15 is 0 Å². The molecule has 3 N–H and O–H groups in total. The minimum Gasteiger partial charge on any atom is -0.474 e. The fourth-order valence-electron chi connectivity index (χ4n) is 8.93. The van der Waals surface area contributed by atoms with Crippen LogP contribution in [0.25, 0.3) is 33.1 Å². The molecule has 3 aromatic heterocycles. The summed E-state index contributed by atoms with van der Waals surface area (Å²) < 4.78 is 12.7. The molecule has 10 rings (SSSR count). The molecule has 3 fully saturated rings. The maximum atomic E-state index is 12.8. The Morgan fingerprint density at radius 3 is 2.43 bits per heavy atom. The first kappa shape index (κ1) is 35.9. The van der Waals surface area contributed by atoms with Gasteiger partial charge in [-0.25, -0.2) is 19.7 Å². The predicted molar refractivity (Wildman–Crippen MR) is 222 cm³/mol. The van der Waals surface area contributed by atoms with Gasteiger partial charge in [0.2, 0.25) is 23.6 Å². The number of amides is 2. The Bertz CT molecular complexity index is 2610. The van der Waals surface area contributed by atoms with E-state index in [2.05, 4.69) is 83.9 Å². The van der Waals surface area contributed by atoms with Gasteiger partial charge in [-0.05, 0) is 79.8 Å². The summed E-state index contributed by atoms with van der Waals surface area (Å²) in [4.78, 5) is 58.3. The summed E-state index contributed by atoms with van der Waals surface area (Å²) in [6.07, 6.45) is 6.40. The van der Waals surface area contributed by atoms with E-state index in [0.717, 1.165) is 103 Å². The molecule has 3 saturated heterocycles. The number of hydrogen-bond acceptors (Lipinski definition) is 13. The standard InChI is InChI=1S/C43H44N10O5/c1-26-33(25-45-41-39(26)44-14-21-57-41)27-2-3-28-24-46-42(48-34(28)22-27)47-29-4-6-30(7-5-29)50-15-12-31(13-16-50)51-17-19-52(20-18-51)32-8-9-35-37(23-32)58-43(56)53(35)36-10-11-38(54)49-40(36)55/h2-9,22-25,31,36,44H,10-21H2,1H3,(H,46,47,48)(H,49,54,55). The van der Waals surface area contributed by atoms with Gasteiger partial charge in [-0.15, -0.1) is 0 Å². The molecular formula is C43H44N10O5. The highest BCUT2D eigenvalue weighted by Crippen LogP contribution is 2.36. The quantitative estimate of drug-likeness (QED) is 0.181. The highest BCUT2D eigenvalue weighted by Gasteiger charge is 2.32. The van der Waals surface area contributed by atoms with Crippen LogP contribution in [0.1, 0.15) is 37.3 Å². The van der Waals surface area contributed by atoms with Gasteiger partial charge in [0.1, 0.15) is 18.3 Å². The highest BCUT2D eigenvalue weighted by molar-refractivity contribution is 6.00. The number of nitrogens with zero attached hydrogens (tertiary/aromatic N) is 7. The van der Waals surface area contributed by atoms with Crippen molar-refractivity contribution in [3.8, 4) is 17.0 Å². The number of aromatic nitrogens is 4. The van der Waals surface area contributed by atoms with Crippen LogP contribution < -0.4 is 36.2 Å². The topological polar surface area (TPSA) is 163 Å². The molecule has 6 aromatic rings.